The monoisotopic (exact) mass is 199 g/mol. The number of aliphatic hydroxyl groups excluding tert-OH is 1. The SMILES string of the molecule is CN(C)C(C)(C)C(O)C1CCCCC1. The van der Waals surface area contributed by atoms with Crippen LogP contribution in [0.1, 0.15) is 46.0 Å². The zero-order chi connectivity index (χ0) is 10.8. The molecular formula is C12H25NO. The highest BCUT2D eigenvalue weighted by molar-refractivity contribution is 4.90. The molecule has 1 aliphatic rings. The molecule has 2 heteroatoms. The lowest BCUT2D eigenvalue weighted by atomic mass is 9.78. The lowest BCUT2D eigenvalue weighted by molar-refractivity contribution is -0.0310. The Kier molecular flexibility index (Phi) is 3.96. The summed E-state index contributed by atoms with van der Waals surface area (Å²) in [6.07, 6.45) is 6.18. The van der Waals surface area contributed by atoms with Gasteiger partial charge in [-0.15, -0.1) is 0 Å². The molecule has 0 aromatic carbocycles. The molecule has 0 heterocycles. The van der Waals surface area contributed by atoms with Gasteiger partial charge in [0, 0.05) is 5.54 Å². The third kappa shape index (κ3) is 2.48. The molecule has 1 unspecified atom stereocenters. The van der Waals surface area contributed by atoms with Crippen LogP contribution in [0, 0.1) is 5.92 Å². The Labute approximate surface area is 88.3 Å². The highest BCUT2D eigenvalue weighted by atomic mass is 16.3. The van der Waals surface area contributed by atoms with E-state index >= 15 is 0 Å². The van der Waals surface area contributed by atoms with Gasteiger partial charge in [0.25, 0.3) is 0 Å². The van der Waals surface area contributed by atoms with Gasteiger partial charge in [0.2, 0.25) is 0 Å². The maximum Gasteiger partial charge on any atom is 0.0746 e. The predicted octanol–water partition coefficient (Wildman–Crippen LogP) is 2.27. The third-order valence-corrected chi connectivity index (χ3v) is 3.97. The average molecular weight is 199 g/mol. The Morgan fingerprint density at radius 2 is 1.64 bits per heavy atom. The molecule has 1 atom stereocenters. The number of hydrogen-bond donors (Lipinski definition) is 1. The van der Waals surface area contributed by atoms with E-state index in [1.807, 2.05) is 14.1 Å². The van der Waals surface area contributed by atoms with E-state index in [1.165, 1.54) is 32.1 Å². The summed E-state index contributed by atoms with van der Waals surface area (Å²) < 4.78 is 0. The van der Waals surface area contributed by atoms with E-state index in [9.17, 15) is 5.11 Å². The van der Waals surface area contributed by atoms with Crippen LogP contribution in [0.3, 0.4) is 0 Å². The van der Waals surface area contributed by atoms with Gasteiger partial charge in [0.1, 0.15) is 0 Å². The molecule has 1 aliphatic carbocycles. The van der Waals surface area contributed by atoms with Gasteiger partial charge >= 0.3 is 0 Å². The minimum Gasteiger partial charge on any atom is -0.391 e. The Bertz CT molecular complexity index is 171. The van der Waals surface area contributed by atoms with Crippen molar-refractivity contribution in [1.82, 2.24) is 4.90 Å². The topological polar surface area (TPSA) is 23.5 Å². The maximum absolute atomic E-state index is 10.3. The highest BCUT2D eigenvalue weighted by Gasteiger charge is 2.36. The molecule has 0 amide bonds. The van der Waals surface area contributed by atoms with Crippen LogP contribution in [0.5, 0.6) is 0 Å². The van der Waals surface area contributed by atoms with Crippen molar-refractivity contribution in [2.75, 3.05) is 14.1 Å². The lowest BCUT2D eigenvalue weighted by Crippen LogP contribution is -2.52. The summed E-state index contributed by atoms with van der Waals surface area (Å²) in [5.41, 5.74) is -0.0952. The highest BCUT2D eigenvalue weighted by Crippen LogP contribution is 2.32. The number of likely N-dealkylation sites (N-methyl/N-ethyl adjacent to an activating group) is 1. The summed E-state index contributed by atoms with van der Waals surface area (Å²) >= 11 is 0. The number of aliphatic hydroxyl groups is 1. The first kappa shape index (κ1) is 12.0. The second-order valence-electron chi connectivity index (χ2n) is 5.39. The summed E-state index contributed by atoms with van der Waals surface area (Å²) in [5.74, 6) is 0.515. The molecule has 1 N–H and O–H groups in total. The van der Waals surface area contributed by atoms with Crippen molar-refractivity contribution in [2.24, 2.45) is 5.92 Å². The summed E-state index contributed by atoms with van der Waals surface area (Å²) in [7, 11) is 4.10. The van der Waals surface area contributed by atoms with Crippen molar-refractivity contribution in [1.29, 1.82) is 0 Å². The van der Waals surface area contributed by atoms with Crippen molar-refractivity contribution >= 4 is 0 Å². The zero-order valence-electron chi connectivity index (χ0n) is 10.1. The molecule has 14 heavy (non-hydrogen) atoms. The van der Waals surface area contributed by atoms with Crippen LogP contribution >= 0.6 is 0 Å². The summed E-state index contributed by atoms with van der Waals surface area (Å²) in [6, 6.07) is 0. The van der Waals surface area contributed by atoms with Crippen LogP contribution < -0.4 is 0 Å². The van der Waals surface area contributed by atoms with E-state index in [1.54, 1.807) is 0 Å². The Balaban J connectivity index is 2.57. The van der Waals surface area contributed by atoms with Crippen molar-refractivity contribution in [2.45, 2.75) is 57.6 Å². The van der Waals surface area contributed by atoms with Gasteiger partial charge in [0.05, 0.1) is 6.10 Å². The van der Waals surface area contributed by atoms with E-state index < -0.39 is 0 Å². The van der Waals surface area contributed by atoms with Gasteiger partial charge in [-0.2, -0.15) is 0 Å². The molecule has 1 saturated carbocycles. The van der Waals surface area contributed by atoms with Gasteiger partial charge in [0.15, 0.2) is 0 Å². The standard InChI is InChI=1S/C12H25NO/c1-12(2,13(3)4)11(14)10-8-6-5-7-9-10/h10-11,14H,5-9H2,1-4H3. The molecule has 0 aliphatic heterocycles. The number of hydrogen-bond acceptors (Lipinski definition) is 2. The zero-order valence-corrected chi connectivity index (χ0v) is 10.1. The Morgan fingerprint density at radius 1 is 1.14 bits per heavy atom. The molecule has 0 saturated heterocycles. The van der Waals surface area contributed by atoms with Gasteiger partial charge in [-0.3, -0.25) is 0 Å². The average Bonchev–Trinajstić information content (AvgIpc) is 2.17. The fourth-order valence-electron chi connectivity index (χ4n) is 2.29. The van der Waals surface area contributed by atoms with Gasteiger partial charge in [-0.05, 0) is 46.7 Å². The molecule has 0 bridgehead atoms. The maximum atomic E-state index is 10.3. The number of nitrogens with zero attached hydrogens (tertiary/aromatic N) is 1. The van der Waals surface area contributed by atoms with Gasteiger partial charge < -0.3 is 10.0 Å². The Hall–Kier alpha value is -0.0800. The van der Waals surface area contributed by atoms with E-state index in [-0.39, 0.29) is 11.6 Å². The van der Waals surface area contributed by atoms with Crippen molar-refractivity contribution in [3.05, 3.63) is 0 Å². The summed E-state index contributed by atoms with van der Waals surface area (Å²) in [4.78, 5) is 2.13. The minimum atomic E-state index is -0.183. The minimum absolute atomic E-state index is 0.0952. The van der Waals surface area contributed by atoms with E-state index in [4.69, 9.17) is 0 Å². The number of rotatable bonds is 3. The van der Waals surface area contributed by atoms with Gasteiger partial charge in [-0.1, -0.05) is 19.3 Å². The first-order chi connectivity index (χ1) is 6.46. The van der Waals surface area contributed by atoms with Gasteiger partial charge in [-0.25, -0.2) is 0 Å². The second kappa shape index (κ2) is 4.63. The van der Waals surface area contributed by atoms with Crippen LogP contribution in [0.15, 0.2) is 0 Å². The fourth-order valence-corrected chi connectivity index (χ4v) is 2.29. The summed E-state index contributed by atoms with van der Waals surface area (Å²) in [5, 5.41) is 10.3. The van der Waals surface area contributed by atoms with E-state index in [0.29, 0.717) is 5.92 Å². The third-order valence-electron chi connectivity index (χ3n) is 3.97. The predicted molar refractivity (Wildman–Crippen MR) is 60.3 cm³/mol. The normalized spacial score (nSPS) is 22.7. The molecular weight excluding hydrogens is 174 g/mol. The molecule has 0 radical (unpaired) electrons. The first-order valence-electron chi connectivity index (χ1n) is 5.81. The molecule has 0 aromatic rings. The van der Waals surface area contributed by atoms with Crippen LogP contribution in [0.2, 0.25) is 0 Å². The second-order valence-corrected chi connectivity index (χ2v) is 5.39. The largest absolute Gasteiger partial charge is 0.391 e. The van der Waals surface area contributed by atoms with Crippen LogP contribution in [-0.2, 0) is 0 Å². The van der Waals surface area contributed by atoms with Crippen molar-refractivity contribution < 1.29 is 5.11 Å². The van der Waals surface area contributed by atoms with Crippen molar-refractivity contribution in [3.63, 3.8) is 0 Å². The molecule has 0 spiro atoms. The van der Waals surface area contributed by atoms with Crippen LogP contribution in [0.25, 0.3) is 0 Å². The molecule has 2 nitrogen and oxygen atoms in total. The fraction of sp³-hybridized carbons (Fsp3) is 1.00. The van der Waals surface area contributed by atoms with Crippen molar-refractivity contribution in [3.8, 4) is 0 Å². The van der Waals surface area contributed by atoms with E-state index in [2.05, 4.69) is 18.7 Å². The molecule has 1 rings (SSSR count). The Morgan fingerprint density at radius 3 is 2.07 bits per heavy atom. The first-order valence-corrected chi connectivity index (χ1v) is 5.81. The lowest BCUT2D eigenvalue weighted by Gasteiger charge is -2.42. The summed E-state index contributed by atoms with van der Waals surface area (Å²) in [6.45, 7) is 4.26. The smallest absolute Gasteiger partial charge is 0.0746 e. The molecule has 0 aromatic heterocycles. The van der Waals surface area contributed by atoms with Crippen LogP contribution in [-0.4, -0.2) is 35.7 Å². The quantitative estimate of drug-likeness (QED) is 0.753. The van der Waals surface area contributed by atoms with E-state index in [0.717, 1.165) is 0 Å². The molecule has 1 fully saturated rings. The van der Waals surface area contributed by atoms with Crippen LogP contribution in [0.4, 0.5) is 0 Å². The molecule has 84 valence electrons.